The smallest absolute Gasteiger partial charge is 0.168 e. The Labute approximate surface area is 105 Å². The molecule has 0 aliphatic rings. The first-order chi connectivity index (χ1) is 7.41. The molecule has 0 radical (unpaired) electrons. The lowest BCUT2D eigenvalue weighted by Gasteiger charge is -2.24. The van der Waals surface area contributed by atoms with Gasteiger partial charge >= 0.3 is 0 Å². The first kappa shape index (κ1) is 13.3. The minimum absolute atomic E-state index is 0.524. The lowest BCUT2D eigenvalue weighted by atomic mass is 9.97. The Bertz CT molecular complexity index is 369. The van der Waals surface area contributed by atoms with E-state index in [9.17, 15) is 5.11 Å². The average Bonchev–Trinajstić information content (AvgIpc) is 2.16. The van der Waals surface area contributed by atoms with Crippen LogP contribution in [-0.4, -0.2) is 18.8 Å². The van der Waals surface area contributed by atoms with Crippen molar-refractivity contribution in [3.8, 4) is 11.5 Å². The van der Waals surface area contributed by atoms with Crippen molar-refractivity contribution in [2.75, 3.05) is 13.7 Å². The molecule has 0 amide bonds. The van der Waals surface area contributed by atoms with Gasteiger partial charge in [-0.1, -0.05) is 15.9 Å². The van der Waals surface area contributed by atoms with Crippen LogP contribution in [0.1, 0.15) is 26.3 Å². The Hall–Kier alpha value is -0.740. The van der Waals surface area contributed by atoms with E-state index in [4.69, 9.17) is 9.47 Å². The summed E-state index contributed by atoms with van der Waals surface area (Å²) >= 11 is 3.42. The molecule has 0 unspecified atom stereocenters. The molecule has 0 fully saturated rings. The summed E-state index contributed by atoms with van der Waals surface area (Å²) in [5.74, 6) is 1.22. The first-order valence-corrected chi connectivity index (χ1v) is 5.93. The molecule has 0 bridgehead atoms. The fourth-order valence-electron chi connectivity index (χ4n) is 1.56. The second-order valence-corrected chi connectivity index (χ2v) is 4.80. The van der Waals surface area contributed by atoms with Gasteiger partial charge in [-0.05, 0) is 32.9 Å². The Balaban J connectivity index is 3.42. The summed E-state index contributed by atoms with van der Waals surface area (Å²) in [4.78, 5) is 0. The van der Waals surface area contributed by atoms with Gasteiger partial charge in [0.05, 0.1) is 19.3 Å². The standard InChI is InChI=1S/C12H17BrO3/c1-5-16-11-9(15-4)7-6-8(13)10(11)12(2,3)14/h6-7,14H,5H2,1-4H3. The van der Waals surface area contributed by atoms with E-state index < -0.39 is 5.60 Å². The lowest BCUT2D eigenvalue weighted by molar-refractivity contribution is 0.0735. The van der Waals surface area contributed by atoms with Crippen molar-refractivity contribution < 1.29 is 14.6 Å². The van der Waals surface area contributed by atoms with E-state index in [1.165, 1.54) is 0 Å². The van der Waals surface area contributed by atoms with Gasteiger partial charge in [-0.3, -0.25) is 0 Å². The van der Waals surface area contributed by atoms with Crippen molar-refractivity contribution in [1.29, 1.82) is 0 Å². The van der Waals surface area contributed by atoms with E-state index in [0.29, 0.717) is 23.7 Å². The third kappa shape index (κ3) is 2.68. The van der Waals surface area contributed by atoms with Gasteiger partial charge < -0.3 is 14.6 Å². The Kier molecular flexibility index (Phi) is 4.21. The van der Waals surface area contributed by atoms with Gasteiger partial charge in [0, 0.05) is 10.0 Å². The molecule has 0 heterocycles. The van der Waals surface area contributed by atoms with Crippen molar-refractivity contribution in [2.24, 2.45) is 0 Å². The number of halogens is 1. The van der Waals surface area contributed by atoms with Crippen LogP contribution in [0.4, 0.5) is 0 Å². The van der Waals surface area contributed by atoms with Crippen LogP contribution in [0.3, 0.4) is 0 Å². The summed E-state index contributed by atoms with van der Waals surface area (Å²) in [5.41, 5.74) is -0.286. The highest BCUT2D eigenvalue weighted by Crippen LogP contribution is 2.42. The Morgan fingerprint density at radius 3 is 2.44 bits per heavy atom. The second-order valence-electron chi connectivity index (χ2n) is 3.95. The highest BCUT2D eigenvalue weighted by Gasteiger charge is 2.26. The van der Waals surface area contributed by atoms with Crippen LogP contribution < -0.4 is 9.47 Å². The van der Waals surface area contributed by atoms with E-state index in [2.05, 4.69) is 15.9 Å². The predicted octanol–water partition coefficient (Wildman–Crippen LogP) is 3.08. The molecule has 0 aliphatic heterocycles. The largest absolute Gasteiger partial charge is 0.493 e. The molecule has 1 aromatic rings. The summed E-state index contributed by atoms with van der Waals surface area (Å²) in [6.45, 7) is 5.86. The fraction of sp³-hybridized carbons (Fsp3) is 0.500. The molecule has 0 saturated carbocycles. The van der Waals surface area contributed by atoms with Crippen LogP contribution in [-0.2, 0) is 5.60 Å². The minimum Gasteiger partial charge on any atom is -0.493 e. The van der Waals surface area contributed by atoms with Gasteiger partial charge in [0.2, 0.25) is 0 Å². The highest BCUT2D eigenvalue weighted by atomic mass is 79.9. The van der Waals surface area contributed by atoms with Crippen molar-refractivity contribution in [3.05, 3.63) is 22.2 Å². The quantitative estimate of drug-likeness (QED) is 0.925. The van der Waals surface area contributed by atoms with Crippen molar-refractivity contribution >= 4 is 15.9 Å². The maximum Gasteiger partial charge on any atom is 0.168 e. The number of benzene rings is 1. The van der Waals surface area contributed by atoms with Crippen molar-refractivity contribution in [2.45, 2.75) is 26.4 Å². The van der Waals surface area contributed by atoms with Crippen LogP contribution in [0.2, 0.25) is 0 Å². The van der Waals surface area contributed by atoms with Crippen LogP contribution in [0, 0.1) is 0 Å². The molecule has 0 aromatic heterocycles. The molecule has 0 atom stereocenters. The summed E-state index contributed by atoms with van der Waals surface area (Å²) in [6.07, 6.45) is 0. The fourth-order valence-corrected chi connectivity index (χ4v) is 2.36. The second kappa shape index (κ2) is 5.06. The van der Waals surface area contributed by atoms with E-state index in [-0.39, 0.29) is 0 Å². The van der Waals surface area contributed by atoms with Crippen molar-refractivity contribution in [3.63, 3.8) is 0 Å². The van der Waals surface area contributed by atoms with Gasteiger partial charge in [-0.15, -0.1) is 0 Å². The molecule has 3 nitrogen and oxygen atoms in total. The molecular formula is C12H17BrO3. The molecule has 4 heteroatoms. The molecule has 0 saturated heterocycles. The number of ether oxygens (including phenoxy) is 2. The first-order valence-electron chi connectivity index (χ1n) is 5.14. The minimum atomic E-state index is -0.988. The van der Waals surface area contributed by atoms with Crippen LogP contribution in [0.25, 0.3) is 0 Å². The van der Waals surface area contributed by atoms with E-state index in [1.807, 2.05) is 19.1 Å². The zero-order valence-corrected chi connectivity index (χ0v) is 11.6. The van der Waals surface area contributed by atoms with Gasteiger partial charge in [-0.25, -0.2) is 0 Å². The number of methoxy groups -OCH3 is 1. The molecule has 16 heavy (non-hydrogen) atoms. The van der Waals surface area contributed by atoms with Crippen LogP contribution >= 0.6 is 15.9 Å². The van der Waals surface area contributed by atoms with Crippen LogP contribution in [0.15, 0.2) is 16.6 Å². The highest BCUT2D eigenvalue weighted by molar-refractivity contribution is 9.10. The van der Waals surface area contributed by atoms with Gasteiger partial charge in [0.25, 0.3) is 0 Å². The predicted molar refractivity (Wildman–Crippen MR) is 67.1 cm³/mol. The summed E-state index contributed by atoms with van der Waals surface area (Å²) < 4.78 is 11.6. The van der Waals surface area contributed by atoms with Gasteiger partial charge in [0.1, 0.15) is 0 Å². The Morgan fingerprint density at radius 1 is 1.38 bits per heavy atom. The third-order valence-electron chi connectivity index (χ3n) is 2.19. The Morgan fingerprint density at radius 2 is 2.00 bits per heavy atom. The van der Waals surface area contributed by atoms with E-state index in [0.717, 1.165) is 4.47 Å². The van der Waals surface area contributed by atoms with E-state index >= 15 is 0 Å². The summed E-state index contributed by atoms with van der Waals surface area (Å²) in [7, 11) is 1.58. The SMILES string of the molecule is CCOc1c(OC)ccc(Br)c1C(C)(C)O. The maximum atomic E-state index is 10.1. The summed E-state index contributed by atoms with van der Waals surface area (Å²) in [5, 5.41) is 10.1. The number of hydrogen-bond donors (Lipinski definition) is 1. The number of aliphatic hydroxyl groups is 1. The number of hydrogen-bond acceptors (Lipinski definition) is 3. The van der Waals surface area contributed by atoms with Gasteiger partial charge in [-0.2, -0.15) is 0 Å². The third-order valence-corrected chi connectivity index (χ3v) is 2.85. The normalized spacial score (nSPS) is 11.4. The van der Waals surface area contributed by atoms with Crippen LogP contribution in [0.5, 0.6) is 11.5 Å². The summed E-state index contributed by atoms with van der Waals surface area (Å²) in [6, 6.07) is 3.65. The molecule has 1 N–H and O–H groups in total. The van der Waals surface area contributed by atoms with Crippen molar-refractivity contribution in [1.82, 2.24) is 0 Å². The monoisotopic (exact) mass is 288 g/mol. The van der Waals surface area contributed by atoms with Gasteiger partial charge in [0.15, 0.2) is 11.5 Å². The molecular weight excluding hydrogens is 272 g/mol. The number of rotatable bonds is 4. The molecule has 1 rings (SSSR count). The zero-order valence-electron chi connectivity index (χ0n) is 10.0. The molecule has 0 spiro atoms. The molecule has 1 aromatic carbocycles. The van der Waals surface area contributed by atoms with E-state index in [1.54, 1.807) is 21.0 Å². The zero-order chi connectivity index (χ0) is 12.3. The maximum absolute atomic E-state index is 10.1. The molecule has 90 valence electrons. The molecule has 0 aliphatic carbocycles. The average molecular weight is 289 g/mol. The lowest BCUT2D eigenvalue weighted by Crippen LogP contribution is -2.18. The topological polar surface area (TPSA) is 38.7 Å².